The second kappa shape index (κ2) is 12.5. The van der Waals surface area contributed by atoms with Gasteiger partial charge < -0.3 is 19.7 Å². The standard InChI is InChI=1S/C19H34N4O4S2/c1-4-20-19(23-11-8-17(9-12-23)27-15-6-14-26-3)21-10-13-22(2)29(24,25)18-7-5-16-28-18/h5,7,16-17H,4,6,8-15H2,1-3H3,(H,20,21). The number of likely N-dealkylation sites (tertiary alicyclic amines) is 1. The van der Waals surface area contributed by atoms with E-state index in [2.05, 4.69) is 15.2 Å². The minimum atomic E-state index is -3.43. The number of aliphatic imine (C=N–C) groups is 1. The summed E-state index contributed by atoms with van der Waals surface area (Å²) >= 11 is 1.23. The van der Waals surface area contributed by atoms with Crippen molar-refractivity contribution in [3.63, 3.8) is 0 Å². The molecule has 166 valence electrons. The predicted octanol–water partition coefficient (Wildman–Crippen LogP) is 1.85. The number of hydrogen-bond acceptors (Lipinski definition) is 6. The van der Waals surface area contributed by atoms with Crippen LogP contribution in [0.15, 0.2) is 26.7 Å². The fourth-order valence-electron chi connectivity index (χ4n) is 3.09. The molecule has 8 nitrogen and oxygen atoms in total. The number of thiophene rings is 1. The van der Waals surface area contributed by atoms with E-state index < -0.39 is 10.0 Å². The van der Waals surface area contributed by atoms with Crippen LogP contribution in [-0.2, 0) is 19.5 Å². The number of nitrogens with zero attached hydrogens (tertiary/aromatic N) is 3. The first kappa shape index (κ1) is 24.1. The molecule has 1 N–H and O–H groups in total. The number of sulfonamides is 1. The molecule has 1 fully saturated rings. The van der Waals surface area contributed by atoms with E-state index in [0.717, 1.165) is 58.1 Å². The van der Waals surface area contributed by atoms with Crippen LogP contribution >= 0.6 is 11.3 Å². The molecule has 0 aliphatic carbocycles. The fourth-order valence-corrected chi connectivity index (χ4v) is 5.46. The van der Waals surface area contributed by atoms with Gasteiger partial charge in [0.05, 0.1) is 12.6 Å². The van der Waals surface area contributed by atoms with Crippen molar-refractivity contribution in [2.45, 2.75) is 36.5 Å². The quantitative estimate of drug-likeness (QED) is 0.317. The van der Waals surface area contributed by atoms with Gasteiger partial charge in [-0.05, 0) is 37.6 Å². The SMILES string of the molecule is CCNC(=NCCN(C)S(=O)(=O)c1cccs1)N1CCC(OCCCOC)CC1. The maximum atomic E-state index is 12.5. The zero-order valence-corrected chi connectivity index (χ0v) is 19.3. The number of likely N-dealkylation sites (N-methyl/N-ethyl adjacent to an activating group) is 1. The Hall–Kier alpha value is -1.20. The van der Waals surface area contributed by atoms with E-state index in [4.69, 9.17) is 9.47 Å². The zero-order chi connectivity index (χ0) is 21.1. The van der Waals surface area contributed by atoms with Gasteiger partial charge in [0, 0.05) is 53.6 Å². The average Bonchev–Trinajstić information content (AvgIpc) is 3.27. The van der Waals surface area contributed by atoms with Gasteiger partial charge >= 0.3 is 0 Å². The molecule has 1 aromatic heterocycles. The second-order valence-electron chi connectivity index (χ2n) is 6.90. The highest BCUT2D eigenvalue weighted by Crippen LogP contribution is 2.19. The van der Waals surface area contributed by atoms with Gasteiger partial charge in [-0.1, -0.05) is 6.07 Å². The van der Waals surface area contributed by atoms with Crippen molar-refractivity contribution in [2.24, 2.45) is 4.99 Å². The van der Waals surface area contributed by atoms with Crippen molar-refractivity contribution in [2.75, 3.05) is 60.1 Å². The highest BCUT2D eigenvalue weighted by Gasteiger charge is 2.23. The normalized spacial score (nSPS) is 16.6. The Balaban J connectivity index is 1.82. The maximum Gasteiger partial charge on any atom is 0.252 e. The molecule has 0 atom stereocenters. The Kier molecular flexibility index (Phi) is 10.4. The highest BCUT2D eigenvalue weighted by molar-refractivity contribution is 7.91. The first-order valence-corrected chi connectivity index (χ1v) is 12.4. The number of ether oxygens (including phenoxy) is 2. The number of rotatable bonds is 11. The Morgan fingerprint density at radius 1 is 1.38 bits per heavy atom. The van der Waals surface area contributed by atoms with Crippen molar-refractivity contribution in [3.05, 3.63) is 17.5 Å². The third-order valence-corrected chi connectivity index (χ3v) is 7.99. The van der Waals surface area contributed by atoms with Crippen molar-refractivity contribution in [3.8, 4) is 0 Å². The summed E-state index contributed by atoms with van der Waals surface area (Å²) in [7, 11) is -0.123. The van der Waals surface area contributed by atoms with Gasteiger partial charge in [0.2, 0.25) is 0 Å². The third kappa shape index (κ3) is 7.53. The molecule has 29 heavy (non-hydrogen) atoms. The monoisotopic (exact) mass is 446 g/mol. The zero-order valence-electron chi connectivity index (χ0n) is 17.7. The van der Waals surface area contributed by atoms with Crippen molar-refractivity contribution in [1.82, 2.24) is 14.5 Å². The topological polar surface area (TPSA) is 83.5 Å². The van der Waals surface area contributed by atoms with Crippen LogP contribution in [0, 0.1) is 0 Å². The van der Waals surface area contributed by atoms with Crippen LogP contribution in [0.25, 0.3) is 0 Å². The van der Waals surface area contributed by atoms with Gasteiger partial charge in [-0.3, -0.25) is 4.99 Å². The molecular formula is C19H34N4O4S2. The largest absolute Gasteiger partial charge is 0.385 e. The minimum Gasteiger partial charge on any atom is -0.385 e. The first-order chi connectivity index (χ1) is 14.0. The molecule has 10 heteroatoms. The molecule has 2 rings (SSSR count). The van der Waals surface area contributed by atoms with Crippen LogP contribution in [0.4, 0.5) is 0 Å². The van der Waals surface area contributed by atoms with Crippen LogP contribution in [0.1, 0.15) is 26.2 Å². The number of piperidine rings is 1. The van der Waals surface area contributed by atoms with E-state index in [1.54, 1.807) is 31.7 Å². The number of nitrogens with one attached hydrogen (secondary N) is 1. The van der Waals surface area contributed by atoms with Gasteiger partial charge in [-0.15, -0.1) is 11.3 Å². The molecule has 0 amide bonds. The first-order valence-electron chi connectivity index (χ1n) is 10.1. The van der Waals surface area contributed by atoms with Gasteiger partial charge in [0.25, 0.3) is 10.0 Å². The summed E-state index contributed by atoms with van der Waals surface area (Å²) in [5.41, 5.74) is 0. The number of methoxy groups -OCH3 is 1. The van der Waals surface area contributed by atoms with Crippen molar-refractivity contribution >= 4 is 27.3 Å². The molecule has 1 saturated heterocycles. The number of guanidine groups is 1. The molecule has 0 saturated carbocycles. The van der Waals surface area contributed by atoms with Crippen molar-refractivity contribution < 1.29 is 17.9 Å². The molecular weight excluding hydrogens is 412 g/mol. The number of hydrogen-bond donors (Lipinski definition) is 1. The summed E-state index contributed by atoms with van der Waals surface area (Å²) in [6, 6.07) is 3.38. The molecule has 1 aromatic rings. The van der Waals surface area contributed by atoms with Gasteiger partial charge in [0.1, 0.15) is 4.21 Å². The van der Waals surface area contributed by atoms with E-state index in [9.17, 15) is 8.42 Å². The summed E-state index contributed by atoms with van der Waals surface area (Å²) in [5, 5.41) is 5.09. The Morgan fingerprint density at radius 3 is 2.76 bits per heavy atom. The molecule has 0 bridgehead atoms. The molecule has 0 aromatic carbocycles. The molecule has 1 aliphatic heterocycles. The van der Waals surface area contributed by atoms with Crippen LogP contribution in [0.5, 0.6) is 0 Å². The maximum absolute atomic E-state index is 12.5. The molecule has 0 unspecified atom stereocenters. The summed E-state index contributed by atoms with van der Waals surface area (Å²) in [5.74, 6) is 0.840. The summed E-state index contributed by atoms with van der Waals surface area (Å²) in [6.07, 6.45) is 3.13. The van der Waals surface area contributed by atoms with Gasteiger partial charge in [-0.25, -0.2) is 8.42 Å². The lowest BCUT2D eigenvalue weighted by molar-refractivity contribution is 0.00990. The molecule has 1 aliphatic rings. The lowest BCUT2D eigenvalue weighted by atomic mass is 10.1. The lowest BCUT2D eigenvalue weighted by Crippen LogP contribution is -2.47. The van der Waals surface area contributed by atoms with Crippen LogP contribution in [0.2, 0.25) is 0 Å². The summed E-state index contributed by atoms with van der Waals surface area (Å²) in [4.78, 5) is 6.88. The highest BCUT2D eigenvalue weighted by atomic mass is 32.2. The smallest absolute Gasteiger partial charge is 0.252 e. The molecule has 2 heterocycles. The lowest BCUT2D eigenvalue weighted by Gasteiger charge is -2.34. The molecule has 0 spiro atoms. The summed E-state index contributed by atoms with van der Waals surface area (Å²) in [6.45, 7) is 6.79. The van der Waals surface area contributed by atoms with E-state index in [0.29, 0.717) is 17.3 Å². The molecule has 0 radical (unpaired) electrons. The van der Waals surface area contributed by atoms with E-state index >= 15 is 0 Å². The second-order valence-corrected chi connectivity index (χ2v) is 10.1. The Labute approximate surface area is 178 Å². The van der Waals surface area contributed by atoms with Crippen LogP contribution < -0.4 is 5.32 Å². The van der Waals surface area contributed by atoms with E-state index in [1.165, 1.54) is 15.6 Å². The minimum absolute atomic E-state index is 0.285. The Bertz CT molecular complexity index is 702. The van der Waals surface area contributed by atoms with Gasteiger partial charge in [-0.2, -0.15) is 4.31 Å². The summed E-state index contributed by atoms with van der Waals surface area (Å²) < 4.78 is 37.7. The fraction of sp³-hybridized carbons (Fsp3) is 0.737. The van der Waals surface area contributed by atoms with Gasteiger partial charge in [0.15, 0.2) is 5.96 Å². The average molecular weight is 447 g/mol. The Morgan fingerprint density at radius 2 is 2.14 bits per heavy atom. The van der Waals surface area contributed by atoms with Crippen LogP contribution in [-0.4, -0.2) is 89.8 Å². The van der Waals surface area contributed by atoms with E-state index in [1.807, 2.05) is 6.92 Å². The third-order valence-electron chi connectivity index (χ3n) is 4.76. The predicted molar refractivity (Wildman–Crippen MR) is 117 cm³/mol. The van der Waals surface area contributed by atoms with Crippen LogP contribution in [0.3, 0.4) is 0 Å². The van der Waals surface area contributed by atoms with E-state index in [-0.39, 0.29) is 6.10 Å². The van der Waals surface area contributed by atoms with Crippen molar-refractivity contribution in [1.29, 1.82) is 0 Å².